The van der Waals surface area contributed by atoms with Crippen LogP contribution in [0.15, 0.2) is 29.4 Å². The number of rotatable bonds is 3. The highest BCUT2D eigenvalue weighted by atomic mass is 35.5. The molecular formula is C11H8ClNO3S. The van der Waals surface area contributed by atoms with Gasteiger partial charge >= 0.3 is 5.97 Å². The van der Waals surface area contributed by atoms with E-state index in [4.69, 9.17) is 16.7 Å². The molecule has 1 aromatic carbocycles. The third-order valence-electron chi connectivity index (χ3n) is 2.13. The molecule has 1 aromatic heterocycles. The lowest BCUT2D eigenvalue weighted by atomic mass is 10.2. The predicted octanol–water partition coefficient (Wildman–Crippen LogP) is 2.99. The van der Waals surface area contributed by atoms with Gasteiger partial charge in [-0.1, -0.05) is 22.8 Å². The van der Waals surface area contributed by atoms with Gasteiger partial charge in [-0.25, -0.2) is 4.79 Å². The van der Waals surface area contributed by atoms with Crippen molar-refractivity contribution in [3.8, 4) is 0 Å². The third kappa shape index (κ3) is 2.25. The van der Waals surface area contributed by atoms with E-state index < -0.39 is 5.97 Å². The van der Waals surface area contributed by atoms with Crippen LogP contribution >= 0.6 is 22.9 Å². The molecule has 6 heteroatoms. The SMILES string of the molecule is CO/N=C(/C(=O)O)c1cc2c(Cl)cccc2s1. The number of benzene rings is 1. The second-order valence-corrected chi connectivity index (χ2v) is 4.68. The molecule has 2 rings (SSSR count). The third-order valence-corrected chi connectivity index (χ3v) is 3.56. The van der Waals surface area contributed by atoms with Gasteiger partial charge in [0, 0.05) is 15.1 Å². The molecule has 0 unspecified atom stereocenters. The lowest BCUT2D eigenvalue weighted by molar-refractivity contribution is -0.129. The van der Waals surface area contributed by atoms with Gasteiger partial charge in [0.05, 0.1) is 4.88 Å². The zero-order chi connectivity index (χ0) is 12.4. The van der Waals surface area contributed by atoms with Crippen LogP contribution in [0.5, 0.6) is 0 Å². The van der Waals surface area contributed by atoms with E-state index in [1.165, 1.54) is 18.4 Å². The molecule has 0 amide bonds. The summed E-state index contributed by atoms with van der Waals surface area (Å²) in [6, 6.07) is 7.16. The largest absolute Gasteiger partial charge is 0.476 e. The summed E-state index contributed by atoms with van der Waals surface area (Å²) in [6.45, 7) is 0. The van der Waals surface area contributed by atoms with Crippen molar-refractivity contribution < 1.29 is 14.7 Å². The van der Waals surface area contributed by atoms with Crippen molar-refractivity contribution in [2.24, 2.45) is 5.16 Å². The van der Waals surface area contributed by atoms with Gasteiger partial charge in [-0.15, -0.1) is 11.3 Å². The van der Waals surface area contributed by atoms with Crippen LogP contribution in [0.1, 0.15) is 4.88 Å². The van der Waals surface area contributed by atoms with Gasteiger partial charge in [-0.05, 0) is 18.2 Å². The maximum Gasteiger partial charge on any atom is 0.359 e. The molecule has 0 spiro atoms. The molecule has 0 fully saturated rings. The Kier molecular flexibility index (Phi) is 3.31. The number of fused-ring (bicyclic) bond motifs is 1. The standard InChI is InChI=1S/C11H8ClNO3S/c1-16-13-10(11(14)15)9-5-6-7(12)3-2-4-8(6)17-9/h2-5H,1H3,(H,14,15)/b13-10+. The smallest absolute Gasteiger partial charge is 0.359 e. The average molecular weight is 270 g/mol. The molecule has 1 heterocycles. The van der Waals surface area contributed by atoms with E-state index in [1.54, 1.807) is 12.1 Å². The Hall–Kier alpha value is -1.59. The monoisotopic (exact) mass is 269 g/mol. The Labute approximate surface area is 106 Å². The van der Waals surface area contributed by atoms with Crippen LogP contribution in [0.4, 0.5) is 0 Å². The molecule has 0 saturated carbocycles. The average Bonchev–Trinajstić information content (AvgIpc) is 2.70. The number of oxime groups is 1. The quantitative estimate of drug-likeness (QED) is 0.688. The van der Waals surface area contributed by atoms with Crippen molar-refractivity contribution in [3.05, 3.63) is 34.2 Å². The van der Waals surface area contributed by atoms with Crippen molar-refractivity contribution in [3.63, 3.8) is 0 Å². The molecule has 88 valence electrons. The molecule has 0 aliphatic heterocycles. The van der Waals surface area contributed by atoms with Crippen LogP contribution in [0.2, 0.25) is 5.02 Å². The van der Waals surface area contributed by atoms with E-state index in [-0.39, 0.29) is 5.71 Å². The Morgan fingerprint density at radius 3 is 2.88 bits per heavy atom. The van der Waals surface area contributed by atoms with E-state index in [0.717, 1.165) is 10.1 Å². The number of thiophene rings is 1. The predicted molar refractivity (Wildman–Crippen MR) is 68.0 cm³/mol. The number of carboxylic acids is 1. The second-order valence-electron chi connectivity index (χ2n) is 3.19. The Bertz CT molecular complexity index is 606. The first-order valence-electron chi connectivity index (χ1n) is 4.66. The number of hydrogen-bond donors (Lipinski definition) is 1. The zero-order valence-electron chi connectivity index (χ0n) is 8.81. The molecule has 17 heavy (non-hydrogen) atoms. The highest BCUT2D eigenvalue weighted by Gasteiger charge is 2.17. The lowest BCUT2D eigenvalue weighted by Gasteiger charge is -1.95. The fourth-order valence-corrected chi connectivity index (χ4v) is 2.77. The summed E-state index contributed by atoms with van der Waals surface area (Å²) in [5.41, 5.74) is -0.121. The molecule has 0 atom stereocenters. The second kappa shape index (κ2) is 4.73. The first-order valence-corrected chi connectivity index (χ1v) is 5.86. The maximum absolute atomic E-state index is 11.0. The first kappa shape index (κ1) is 11.9. The Morgan fingerprint density at radius 2 is 2.29 bits per heavy atom. The molecule has 0 bridgehead atoms. The van der Waals surface area contributed by atoms with Crippen molar-refractivity contribution in [1.29, 1.82) is 0 Å². The van der Waals surface area contributed by atoms with E-state index >= 15 is 0 Å². The molecule has 0 saturated heterocycles. The van der Waals surface area contributed by atoms with E-state index in [2.05, 4.69) is 9.99 Å². The summed E-state index contributed by atoms with van der Waals surface area (Å²) in [5.74, 6) is -1.13. The van der Waals surface area contributed by atoms with Crippen molar-refractivity contribution in [2.75, 3.05) is 7.11 Å². The van der Waals surface area contributed by atoms with Crippen molar-refractivity contribution >= 4 is 44.7 Å². The van der Waals surface area contributed by atoms with Gasteiger partial charge in [-0.3, -0.25) is 0 Å². The summed E-state index contributed by atoms with van der Waals surface area (Å²) in [6.07, 6.45) is 0. The number of hydrogen-bond acceptors (Lipinski definition) is 4. The minimum absolute atomic E-state index is 0.121. The summed E-state index contributed by atoms with van der Waals surface area (Å²) >= 11 is 7.33. The number of carboxylic acid groups (broad SMARTS) is 1. The van der Waals surface area contributed by atoms with Crippen molar-refractivity contribution in [1.82, 2.24) is 0 Å². The van der Waals surface area contributed by atoms with Crippen LogP contribution in [0, 0.1) is 0 Å². The first-order chi connectivity index (χ1) is 8.13. The van der Waals surface area contributed by atoms with Crippen LogP contribution in [-0.2, 0) is 9.63 Å². The molecule has 2 aromatic rings. The van der Waals surface area contributed by atoms with Gasteiger partial charge in [0.15, 0.2) is 0 Å². The number of nitrogens with zero attached hydrogens (tertiary/aromatic N) is 1. The fourth-order valence-electron chi connectivity index (χ4n) is 1.42. The van der Waals surface area contributed by atoms with Crippen molar-refractivity contribution in [2.45, 2.75) is 0 Å². The molecular weight excluding hydrogens is 262 g/mol. The molecule has 0 aliphatic carbocycles. The topological polar surface area (TPSA) is 58.9 Å². The molecule has 1 N–H and O–H groups in total. The fraction of sp³-hybridized carbons (Fsp3) is 0.0909. The lowest BCUT2D eigenvalue weighted by Crippen LogP contribution is -2.13. The summed E-state index contributed by atoms with van der Waals surface area (Å²) < 4.78 is 0.914. The number of halogens is 1. The zero-order valence-corrected chi connectivity index (χ0v) is 10.4. The Balaban J connectivity index is 2.60. The van der Waals surface area contributed by atoms with Gasteiger partial charge in [0.2, 0.25) is 5.71 Å². The highest BCUT2D eigenvalue weighted by molar-refractivity contribution is 7.21. The van der Waals surface area contributed by atoms with Crippen LogP contribution < -0.4 is 0 Å². The van der Waals surface area contributed by atoms with Crippen LogP contribution in [0.25, 0.3) is 10.1 Å². The molecule has 4 nitrogen and oxygen atoms in total. The molecule has 0 radical (unpaired) electrons. The van der Waals surface area contributed by atoms with Crippen LogP contribution in [-0.4, -0.2) is 23.9 Å². The van der Waals surface area contributed by atoms with Gasteiger partial charge in [0.25, 0.3) is 0 Å². The van der Waals surface area contributed by atoms with Gasteiger partial charge < -0.3 is 9.94 Å². The minimum Gasteiger partial charge on any atom is -0.476 e. The van der Waals surface area contributed by atoms with Crippen LogP contribution in [0.3, 0.4) is 0 Å². The summed E-state index contributed by atoms with van der Waals surface area (Å²) in [5, 5.41) is 13.9. The Morgan fingerprint density at radius 1 is 1.53 bits per heavy atom. The van der Waals surface area contributed by atoms with Gasteiger partial charge in [0.1, 0.15) is 7.11 Å². The number of aliphatic carboxylic acids is 1. The summed E-state index contributed by atoms with van der Waals surface area (Å²) in [7, 11) is 1.31. The maximum atomic E-state index is 11.0. The normalized spacial score (nSPS) is 11.8. The minimum atomic E-state index is -1.13. The van der Waals surface area contributed by atoms with E-state index in [1.807, 2.05) is 12.1 Å². The van der Waals surface area contributed by atoms with E-state index in [9.17, 15) is 4.79 Å². The highest BCUT2D eigenvalue weighted by Crippen LogP contribution is 2.31. The number of carbonyl (C=O) groups is 1. The summed E-state index contributed by atoms with van der Waals surface area (Å²) in [4.78, 5) is 16.1. The van der Waals surface area contributed by atoms with E-state index in [0.29, 0.717) is 9.90 Å². The van der Waals surface area contributed by atoms with Gasteiger partial charge in [-0.2, -0.15) is 0 Å². The molecule has 0 aliphatic rings.